The first-order valence-electron chi connectivity index (χ1n) is 4.75. The molecule has 1 saturated heterocycles. The van der Waals surface area contributed by atoms with Gasteiger partial charge in [-0.25, -0.2) is 4.79 Å². The van der Waals surface area contributed by atoms with Crippen molar-refractivity contribution in [2.45, 2.75) is 18.2 Å². The van der Waals surface area contributed by atoms with Crippen LogP contribution in [0.1, 0.15) is 12.8 Å². The van der Waals surface area contributed by atoms with Crippen molar-refractivity contribution in [3.63, 3.8) is 0 Å². The van der Waals surface area contributed by atoms with E-state index in [0.717, 1.165) is 11.4 Å². The number of β-lactam (4-membered cyclic amide) rings is 1. The number of rotatable bonds is 4. The van der Waals surface area contributed by atoms with Crippen molar-refractivity contribution in [2.24, 2.45) is 0 Å². The minimum Gasteiger partial charge on any atom is -0.477 e. The maximum Gasteiger partial charge on any atom is 0.353 e. The number of hydrogen-bond acceptors (Lipinski definition) is 4. The molecule has 2 aliphatic heterocycles. The molecule has 0 bridgehead atoms. The summed E-state index contributed by atoms with van der Waals surface area (Å²) in [5.74, 6) is -1.08. The normalized spacial score (nSPS) is 24.2. The number of carbonyl (C=O) groups excluding carboxylic acids is 1. The maximum absolute atomic E-state index is 11.2. The minimum absolute atomic E-state index is 0.0375. The monoisotopic (exact) mass is 228 g/mol. The largest absolute Gasteiger partial charge is 0.477 e. The van der Waals surface area contributed by atoms with Crippen molar-refractivity contribution in [3.05, 3.63) is 10.6 Å². The molecule has 2 aliphatic rings. The molecule has 0 aromatic rings. The molecule has 0 unspecified atom stereocenters. The molecule has 0 aromatic heterocycles. The van der Waals surface area contributed by atoms with E-state index in [1.54, 1.807) is 0 Å². The summed E-state index contributed by atoms with van der Waals surface area (Å²) < 4.78 is 0. The van der Waals surface area contributed by atoms with Gasteiger partial charge < -0.3 is 10.4 Å². The lowest BCUT2D eigenvalue weighted by molar-refractivity contribution is -0.145. The Morgan fingerprint density at radius 3 is 3.00 bits per heavy atom. The van der Waals surface area contributed by atoms with Crippen LogP contribution in [0.4, 0.5) is 0 Å². The highest BCUT2D eigenvalue weighted by atomic mass is 32.2. The molecule has 15 heavy (non-hydrogen) atoms. The Labute approximate surface area is 91.5 Å². The van der Waals surface area contributed by atoms with E-state index >= 15 is 0 Å². The van der Waals surface area contributed by atoms with E-state index < -0.39 is 5.97 Å². The van der Waals surface area contributed by atoms with Gasteiger partial charge in [-0.3, -0.25) is 9.69 Å². The number of amides is 1. The smallest absolute Gasteiger partial charge is 0.353 e. The summed E-state index contributed by atoms with van der Waals surface area (Å²) in [6.07, 6.45) is 1.13. The Balaban J connectivity index is 2.19. The minimum atomic E-state index is -0.996. The van der Waals surface area contributed by atoms with Crippen molar-refractivity contribution >= 4 is 23.6 Å². The van der Waals surface area contributed by atoms with Crippen molar-refractivity contribution in [1.82, 2.24) is 10.2 Å². The number of hydrogen-bond donors (Lipinski definition) is 2. The van der Waals surface area contributed by atoms with Crippen LogP contribution in [0, 0.1) is 0 Å². The second-order valence-corrected chi connectivity index (χ2v) is 4.74. The summed E-state index contributed by atoms with van der Waals surface area (Å²) in [5, 5.41) is 12.0. The number of carboxylic acids is 1. The van der Waals surface area contributed by atoms with Gasteiger partial charge >= 0.3 is 5.97 Å². The van der Waals surface area contributed by atoms with Crippen molar-refractivity contribution in [2.75, 3.05) is 13.6 Å². The molecule has 2 N–H and O–H groups in total. The number of fused-ring (bicyclic) bond motifs is 1. The first-order chi connectivity index (χ1) is 7.15. The van der Waals surface area contributed by atoms with Crippen molar-refractivity contribution < 1.29 is 14.7 Å². The number of nitrogens with one attached hydrogen (secondary N) is 1. The van der Waals surface area contributed by atoms with Gasteiger partial charge in [-0.05, 0) is 20.0 Å². The Morgan fingerprint density at radius 1 is 1.73 bits per heavy atom. The van der Waals surface area contributed by atoms with Crippen LogP contribution >= 0.6 is 11.8 Å². The lowest BCUT2D eigenvalue weighted by atomic mass is 10.1. The third-order valence-electron chi connectivity index (χ3n) is 2.49. The molecule has 1 amide bonds. The maximum atomic E-state index is 11.2. The third kappa shape index (κ3) is 1.63. The predicted molar refractivity (Wildman–Crippen MR) is 56.0 cm³/mol. The lowest BCUT2D eigenvalue weighted by Crippen LogP contribution is -2.48. The molecular weight excluding hydrogens is 216 g/mol. The Kier molecular flexibility index (Phi) is 2.70. The van der Waals surface area contributed by atoms with Crippen LogP contribution in [-0.4, -0.2) is 40.8 Å². The molecule has 2 rings (SSSR count). The van der Waals surface area contributed by atoms with Crippen LogP contribution in [-0.2, 0) is 9.59 Å². The average Bonchev–Trinajstić information content (AvgIpc) is 2.47. The van der Waals surface area contributed by atoms with Crippen LogP contribution in [0.3, 0.4) is 0 Å². The fourth-order valence-electron chi connectivity index (χ4n) is 1.74. The molecule has 0 radical (unpaired) electrons. The predicted octanol–water partition coefficient (Wildman–Crippen LogP) is 0.197. The van der Waals surface area contributed by atoms with Crippen LogP contribution in [0.25, 0.3) is 0 Å². The standard InChI is InChI=1S/C9H12N2O3S/c1-10-3-2-5-8(9(13)14)11-6(12)4-7(11)15-5/h7,10H,2-4H2,1H3,(H,13,14)/t7-/m0/s1. The molecule has 0 saturated carbocycles. The summed E-state index contributed by atoms with van der Waals surface area (Å²) >= 11 is 1.50. The summed E-state index contributed by atoms with van der Waals surface area (Å²) in [7, 11) is 1.82. The Hall–Kier alpha value is -1.01. The fraction of sp³-hybridized carbons (Fsp3) is 0.556. The first kappa shape index (κ1) is 10.5. The number of thioether (sulfide) groups is 1. The zero-order valence-electron chi connectivity index (χ0n) is 8.32. The number of carboxylic acid groups (broad SMARTS) is 1. The lowest BCUT2D eigenvalue weighted by Gasteiger charge is -2.33. The molecule has 0 aromatic carbocycles. The van der Waals surface area contributed by atoms with E-state index in [-0.39, 0.29) is 17.0 Å². The van der Waals surface area contributed by atoms with Crippen molar-refractivity contribution in [1.29, 1.82) is 0 Å². The Bertz CT molecular complexity index is 353. The van der Waals surface area contributed by atoms with Gasteiger partial charge in [0.2, 0.25) is 5.91 Å². The second kappa shape index (κ2) is 3.86. The number of carbonyl (C=O) groups is 2. The van der Waals surface area contributed by atoms with E-state index in [2.05, 4.69) is 5.32 Å². The molecular formula is C9H12N2O3S. The van der Waals surface area contributed by atoms with Gasteiger partial charge in [0.1, 0.15) is 5.70 Å². The molecule has 1 atom stereocenters. The average molecular weight is 228 g/mol. The van der Waals surface area contributed by atoms with Gasteiger partial charge in [-0.2, -0.15) is 0 Å². The van der Waals surface area contributed by atoms with Gasteiger partial charge in [0.05, 0.1) is 11.8 Å². The zero-order valence-corrected chi connectivity index (χ0v) is 9.13. The van der Waals surface area contributed by atoms with Gasteiger partial charge in [0, 0.05) is 4.91 Å². The highest BCUT2D eigenvalue weighted by Crippen LogP contribution is 2.46. The SMILES string of the molecule is CNCCC1=C(C(=O)O)N2C(=O)C[C@@H]2S1. The van der Waals surface area contributed by atoms with Crippen LogP contribution in [0.5, 0.6) is 0 Å². The molecule has 0 spiro atoms. The molecule has 0 aliphatic carbocycles. The van der Waals surface area contributed by atoms with E-state index in [4.69, 9.17) is 5.11 Å². The number of aliphatic carboxylic acids is 1. The number of nitrogens with zero attached hydrogens (tertiary/aromatic N) is 1. The van der Waals surface area contributed by atoms with Gasteiger partial charge in [-0.1, -0.05) is 0 Å². The third-order valence-corrected chi connectivity index (χ3v) is 3.83. The quantitative estimate of drug-likeness (QED) is 0.673. The van der Waals surface area contributed by atoms with Crippen molar-refractivity contribution in [3.8, 4) is 0 Å². The highest BCUT2D eigenvalue weighted by molar-refractivity contribution is 8.04. The molecule has 2 heterocycles. The molecule has 1 fully saturated rings. The second-order valence-electron chi connectivity index (χ2n) is 3.47. The van der Waals surface area contributed by atoms with Gasteiger partial charge in [0.25, 0.3) is 0 Å². The summed E-state index contributed by atoms with van der Waals surface area (Å²) in [5.41, 5.74) is 0.191. The Morgan fingerprint density at radius 2 is 2.47 bits per heavy atom. The van der Waals surface area contributed by atoms with E-state index in [0.29, 0.717) is 12.8 Å². The molecule has 6 heteroatoms. The van der Waals surface area contributed by atoms with Crippen LogP contribution < -0.4 is 5.32 Å². The fourth-order valence-corrected chi connectivity index (χ4v) is 3.14. The van der Waals surface area contributed by atoms with Crippen LogP contribution in [0.2, 0.25) is 0 Å². The van der Waals surface area contributed by atoms with Gasteiger partial charge in [-0.15, -0.1) is 11.8 Å². The topological polar surface area (TPSA) is 69.6 Å². The molecule has 82 valence electrons. The van der Waals surface area contributed by atoms with E-state index in [1.165, 1.54) is 16.7 Å². The van der Waals surface area contributed by atoms with Gasteiger partial charge in [0.15, 0.2) is 0 Å². The van der Waals surface area contributed by atoms with Crippen LogP contribution in [0.15, 0.2) is 10.6 Å². The summed E-state index contributed by atoms with van der Waals surface area (Å²) in [6.45, 7) is 0.730. The summed E-state index contributed by atoms with van der Waals surface area (Å²) in [4.78, 5) is 24.5. The zero-order chi connectivity index (χ0) is 11.0. The highest BCUT2D eigenvalue weighted by Gasteiger charge is 2.47. The van der Waals surface area contributed by atoms with E-state index in [9.17, 15) is 9.59 Å². The summed E-state index contributed by atoms with van der Waals surface area (Å²) in [6, 6.07) is 0. The first-order valence-corrected chi connectivity index (χ1v) is 5.63. The molecule has 5 nitrogen and oxygen atoms in total. The van der Waals surface area contributed by atoms with E-state index in [1.807, 2.05) is 7.05 Å².